The molecule has 1 amide bonds. The number of aliphatic hydroxyl groups excluding tert-OH is 5. The maximum Gasteiger partial charge on any atom is 0.220 e. The number of rotatable bonds is 31. The lowest BCUT2D eigenvalue weighted by atomic mass is 9.99. The second kappa shape index (κ2) is 31.2. The van der Waals surface area contributed by atoms with Crippen molar-refractivity contribution in [2.24, 2.45) is 0 Å². The van der Waals surface area contributed by atoms with Gasteiger partial charge in [0.15, 0.2) is 6.29 Å². The van der Waals surface area contributed by atoms with Crippen LogP contribution >= 0.6 is 0 Å². The van der Waals surface area contributed by atoms with Crippen LogP contribution in [0.4, 0.5) is 0 Å². The number of unbranched alkanes of at least 4 members (excludes halogenated alkanes) is 17. The summed E-state index contributed by atoms with van der Waals surface area (Å²) in [4.78, 5) is 12.8. The van der Waals surface area contributed by atoms with Gasteiger partial charge in [0, 0.05) is 6.42 Å². The van der Waals surface area contributed by atoms with Crippen molar-refractivity contribution in [2.45, 2.75) is 198 Å². The Morgan fingerprint density at radius 3 is 1.71 bits per heavy atom. The molecule has 1 rings (SSSR count). The third kappa shape index (κ3) is 22.8. The standard InChI is InChI=1S/C40H73NO8/c1-3-5-7-9-11-13-15-17-19-21-23-25-27-29-34(43)33(32-48-40-39(47)38(46)37(45)35(31-42)49-40)41-36(44)30-28-26-24-22-20-18-16-14-12-10-8-6-4-2/h18-21,27,29,33-35,37-40,42-43,45-47H,3-17,22-26,28,30-32H2,1-2H3,(H,41,44)/b20-18-,21-19+,29-27+. The molecule has 0 saturated carbocycles. The number of carbonyl (C=O) groups is 1. The van der Waals surface area contributed by atoms with E-state index in [-0.39, 0.29) is 12.5 Å². The van der Waals surface area contributed by atoms with Gasteiger partial charge in [-0.25, -0.2) is 0 Å². The van der Waals surface area contributed by atoms with Crippen molar-refractivity contribution in [3.63, 3.8) is 0 Å². The van der Waals surface area contributed by atoms with Gasteiger partial charge in [0.05, 0.1) is 25.4 Å². The molecule has 0 aromatic carbocycles. The number of carbonyl (C=O) groups excluding carboxylic acids is 1. The van der Waals surface area contributed by atoms with E-state index in [1.165, 1.54) is 83.5 Å². The van der Waals surface area contributed by atoms with E-state index in [1.54, 1.807) is 6.08 Å². The van der Waals surface area contributed by atoms with Crippen LogP contribution in [0.5, 0.6) is 0 Å². The third-order valence-electron chi connectivity index (χ3n) is 9.19. The maximum atomic E-state index is 12.8. The van der Waals surface area contributed by atoms with Gasteiger partial charge in [0.25, 0.3) is 0 Å². The number of nitrogens with one attached hydrogen (secondary N) is 1. The summed E-state index contributed by atoms with van der Waals surface area (Å²) in [6.45, 7) is 3.70. The van der Waals surface area contributed by atoms with E-state index in [1.807, 2.05) is 6.08 Å². The van der Waals surface area contributed by atoms with Crippen LogP contribution in [0.3, 0.4) is 0 Å². The van der Waals surface area contributed by atoms with Gasteiger partial charge >= 0.3 is 0 Å². The average Bonchev–Trinajstić information content (AvgIpc) is 3.10. The first kappa shape index (κ1) is 45.4. The van der Waals surface area contributed by atoms with Crippen LogP contribution < -0.4 is 5.32 Å². The molecule has 0 aromatic heterocycles. The predicted molar refractivity (Wildman–Crippen MR) is 198 cm³/mol. The topological polar surface area (TPSA) is 149 Å². The minimum atomic E-state index is -1.57. The molecule has 7 atom stereocenters. The summed E-state index contributed by atoms with van der Waals surface area (Å²) in [5.74, 6) is -0.207. The summed E-state index contributed by atoms with van der Waals surface area (Å²) in [7, 11) is 0. The van der Waals surface area contributed by atoms with Crippen LogP contribution in [0.25, 0.3) is 0 Å². The molecular formula is C40H73NO8. The fourth-order valence-corrected chi connectivity index (χ4v) is 5.93. The van der Waals surface area contributed by atoms with Crippen LogP contribution in [0.1, 0.15) is 155 Å². The van der Waals surface area contributed by atoms with Crippen molar-refractivity contribution in [1.82, 2.24) is 5.32 Å². The molecule has 0 aromatic rings. The van der Waals surface area contributed by atoms with Crippen molar-refractivity contribution in [3.8, 4) is 0 Å². The van der Waals surface area contributed by atoms with Gasteiger partial charge in [0.1, 0.15) is 24.4 Å². The summed E-state index contributed by atoms with van der Waals surface area (Å²) >= 11 is 0. The molecule has 49 heavy (non-hydrogen) atoms. The number of ether oxygens (including phenoxy) is 2. The van der Waals surface area contributed by atoms with Crippen LogP contribution in [0, 0.1) is 0 Å². The minimum absolute atomic E-state index is 0.207. The first-order valence-corrected chi connectivity index (χ1v) is 19.7. The number of aliphatic hydroxyl groups is 5. The lowest BCUT2D eigenvalue weighted by Gasteiger charge is -2.40. The van der Waals surface area contributed by atoms with Gasteiger partial charge in [-0.1, -0.05) is 127 Å². The van der Waals surface area contributed by atoms with E-state index in [0.717, 1.165) is 51.4 Å². The molecule has 1 saturated heterocycles. The van der Waals surface area contributed by atoms with Crippen molar-refractivity contribution in [2.75, 3.05) is 13.2 Å². The summed E-state index contributed by atoms with van der Waals surface area (Å²) < 4.78 is 11.1. The second-order valence-electron chi connectivity index (χ2n) is 13.7. The Labute approximate surface area is 298 Å². The van der Waals surface area contributed by atoms with Crippen LogP contribution in [0.15, 0.2) is 36.5 Å². The predicted octanol–water partition coefficient (Wildman–Crippen LogP) is 6.94. The van der Waals surface area contributed by atoms with E-state index in [0.29, 0.717) is 6.42 Å². The van der Waals surface area contributed by atoms with Gasteiger partial charge in [-0.2, -0.15) is 0 Å². The van der Waals surface area contributed by atoms with E-state index < -0.39 is 49.5 Å². The lowest BCUT2D eigenvalue weighted by molar-refractivity contribution is -0.302. The summed E-state index contributed by atoms with van der Waals surface area (Å²) in [5, 5.41) is 53.9. The van der Waals surface area contributed by atoms with Crippen LogP contribution in [0.2, 0.25) is 0 Å². The molecular weight excluding hydrogens is 622 g/mol. The fraction of sp³-hybridized carbons (Fsp3) is 0.825. The van der Waals surface area contributed by atoms with Gasteiger partial charge in [-0.3, -0.25) is 4.79 Å². The summed E-state index contributed by atoms with van der Waals surface area (Å²) in [6.07, 6.45) is 29.0. The highest BCUT2D eigenvalue weighted by Crippen LogP contribution is 2.22. The summed E-state index contributed by atoms with van der Waals surface area (Å²) in [5.41, 5.74) is 0. The first-order chi connectivity index (χ1) is 23.8. The zero-order valence-corrected chi connectivity index (χ0v) is 30.9. The third-order valence-corrected chi connectivity index (χ3v) is 9.19. The van der Waals surface area contributed by atoms with E-state index >= 15 is 0 Å². The molecule has 286 valence electrons. The zero-order chi connectivity index (χ0) is 36.0. The molecule has 1 fully saturated rings. The van der Waals surface area contributed by atoms with Gasteiger partial charge in [-0.15, -0.1) is 0 Å². The molecule has 6 N–H and O–H groups in total. The first-order valence-electron chi connectivity index (χ1n) is 19.7. The van der Waals surface area contributed by atoms with E-state index in [9.17, 15) is 30.3 Å². The zero-order valence-electron chi connectivity index (χ0n) is 30.9. The average molecular weight is 696 g/mol. The quantitative estimate of drug-likeness (QED) is 0.0338. The minimum Gasteiger partial charge on any atom is -0.394 e. The Balaban J connectivity index is 2.50. The molecule has 1 heterocycles. The van der Waals surface area contributed by atoms with Crippen LogP contribution in [-0.4, -0.2) is 87.5 Å². The second-order valence-corrected chi connectivity index (χ2v) is 13.7. The van der Waals surface area contributed by atoms with E-state index in [4.69, 9.17) is 9.47 Å². The van der Waals surface area contributed by atoms with Crippen molar-refractivity contribution in [3.05, 3.63) is 36.5 Å². The van der Waals surface area contributed by atoms with Gasteiger partial charge < -0.3 is 40.3 Å². The number of amides is 1. The van der Waals surface area contributed by atoms with E-state index in [2.05, 4.69) is 43.5 Å². The SMILES string of the molecule is CCCCCCCC/C=C\CCCCCC(=O)NC(COC1OC(CO)C(O)C(O)C1O)C(O)/C=C/CC/C=C/CCCCCCCCC. The highest BCUT2D eigenvalue weighted by atomic mass is 16.7. The molecule has 9 nitrogen and oxygen atoms in total. The monoisotopic (exact) mass is 696 g/mol. The molecule has 0 bridgehead atoms. The van der Waals surface area contributed by atoms with Crippen molar-refractivity contribution >= 4 is 5.91 Å². The molecule has 1 aliphatic rings. The highest BCUT2D eigenvalue weighted by molar-refractivity contribution is 5.76. The fourth-order valence-electron chi connectivity index (χ4n) is 5.93. The lowest BCUT2D eigenvalue weighted by Crippen LogP contribution is -2.60. The molecule has 1 aliphatic heterocycles. The molecule has 9 heteroatoms. The van der Waals surface area contributed by atoms with Gasteiger partial charge in [0.2, 0.25) is 5.91 Å². The molecule has 7 unspecified atom stereocenters. The Morgan fingerprint density at radius 1 is 0.673 bits per heavy atom. The molecule has 0 radical (unpaired) electrons. The molecule has 0 spiro atoms. The normalized spacial score (nSPS) is 22.8. The highest BCUT2D eigenvalue weighted by Gasteiger charge is 2.44. The van der Waals surface area contributed by atoms with Crippen molar-refractivity contribution < 1.29 is 39.8 Å². The largest absolute Gasteiger partial charge is 0.394 e. The molecule has 0 aliphatic carbocycles. The van der Waals surface area contributed by atoms with Crippen LogP contribution in [-0.2, 0) is 14.3 Å². The number of hydrogen-bond donors (Lipinski definition) is 6. The Morgan fingerprint density at radius 2 is 1.16 bits per heavy atom. The van der Waals surface area contributed by atoms with Crippen molar-refractivity contribution in [1.29, 1.82) is 0 Å². The Bertz CT molecular complexity index is 863. The smallest absolute Gasteiger partial charge is 0.220 e. The number of allylic oxidation sites excluding steroid dienone is 5. The number of hydrogen-bond acceptors (Lipinski definition) is 8. The summed E-state index contributed by atoms with van der Waals surface area (Å²) in [6, 6.07) is -0.825. The Kier molecular flexibility index (Phi) is 28.9. The maximum absolute atomic E-state index is 12.8. The Hall–Kier alpha value is -1.59. The van der Waals surface area contributed by atoms with Gasteiger partial charge in [-0.05, 0) is 57.8 Å².